The summed E-state index contributed by atoms with van der Waals surface area (Å²) in [6, 6.07) is 14.5. The van der Waals surface area contributed by atoms with E-state index in [4.69, 9.17) is 46.4 Å². The van der Waals surface area contributed by atoms with Gasteiger partial charge in [-0.2, -0.15) is 0 Å². The Kier molecular flexibility index (Phi) is 5.80. The van der Waals surface area contributed by atoms with Crippen LogP contribution in [0.1, 0.15) is 0 Å². The predicted molar refractivity (Wildman–Crippen MR) is 111 cm³/mol. The van der Waals surface area contributed by atoms with Gasteiger partial charge < -0.3 is 0 Å². The molecular weight excluding hydrogens is 484 g/mol. The summed E-state index contributed by atoms with van der Waals surface area (Å²) in [7, 11) is 0. The molecule has 0 N–H and O–H groups in total. The molecule has 0 fully saturated rings. The minimum absolute atomic E-state index is 0.0491. The van der Waals surface area contributed by atoms with Gasteiger partial charge in [0.05, 0.1) is 25.6 Å². The number of nitrogens with zero attached hydrogens (tertiary/aromatic N) is 1. The summed E-state index contributed by atoms with van der Waals surface area (Å²) < 4.78 is 0.856. The Hall–Kier alpha value is -1.30. The molecule has 0 aliphatic carbocycles. The third-order valence-corrected chi connectivity index (χ3v) is 5.60. The number of nitro groups is 1. The van der Waals surface area contributed by atoms with Gasteiger partial charge in [0.2, 0.25) is 0 Å². The van der Waals surface area contributed by atoms with Crippen LogP contribution in [0.15, 0.2) is 46.9 Å². The maximum atomic E-state index is 11.7. The Labute approximate surface area is 177 Å². The van der Waals surface area contributed by atoms with Gasteiger partial charge in [-0.1, -0.05) is 74.5 Å². The molecule has 0 aliphatic rings. The Morgan fingerprint density at radius 3 is 2.15 bits per heavy atom. The highest BCUT2D eigenvalue weighted by Crippen LogP contribution is 2.45. The fraction of sp³-hybridized carbons (Fsp3) is 0. The van der Waals surface area contributed by atoms with Gasteiger partial charge >= 0.3 is 0 Å². The number of hydrogen-bond acceptors (Lipinski definition) is 2. The van der Waals surface area contributed by atoms with Crippen LogP contribution in [0.2, 0.25) is 20.1 Å². The van der Waals surface area contributed by atoms with E-state index >= 15 is 0 Å². The van der Waals surface area contributed by atoms with Crippen LogP contribution in [0.5, 0.6) is 0 Å². The first kappa shape index (κ1) is 19.5. The Bertz CT molecular complexity index is 1020. The van der Waals surface area contributed by atoms with Crippen LogP contribution in [0, 0.1) is 16.2 Å². The Balaban J connectivity index is 2.25. The largest absolute Gasteiger partial charge is 0.296 e. The zero-order valence-corrected chi connectivity index (χ0v) is 17.3. The predicted octanol–water partition coefficient (Wildman–Crippen LogP) is 8.11. The first-order valence-electron chi connectivity index (χ1n) is 7.09. The smallest absolute Gasteiger partial charge is 0.258 e. The second-order valence-corrected chi connectivity index (χ2v) is 7.77. The van der Waals surface area contributed by atoms with E-state index in [1.54, 1.807) is 30.3 Å². The highest BCUT2D eigenvalue weighted by atomic mass is 79.9. The summed E-state index contributed by atoms with van der Waals surface area (Å²) in [5.41, 5.74) is 1.44. The van der Waals surface area contributed by atoms with E-state index in [9.17, 15) is 10.1 Å². The van der Waals surface area contributed by atoms with Crippen LogP contribution in [-0.2, 0) is 0 Å². The standard InChI is InChI=1S/C18H7BrCl4NO2/c19-10-3-1-9(2-4-10)11-5-6-12(17(23)18(11)24(25)26)13-7-15(21)16(22)8-14(13)20/h1-4,6-8H. The van der Waals surface area contributed by atoms with Gasteiger partial charge in [-0.3, -0.25) is 10.1 Å². The van der Waals surface area contributed by atoms with E-state index in [0.717, 1.165) is 4.47 Å². The van der Waals surface area contributed by atoms with Crippen LogP contribution in [0.3, 0.4) is 0 Å². The molecule has 0 aromatic heterocycles. The third-order valence-electron chi connectivity index (χ3n) is 3.66. The van der Waals surface area contributed by atoms with Gasteiger partial charge in [-0.25, -0.2) is 0 Å². The van der Waals surface area contributed by atoms with Crippen molar-refractivity contribution in [1.29, 1.82) is 0 Å². The van der Waals surface area contributed by atoms with E-state index in [2.05, 4.69) is 22.0 Å². The van der Waals surface area contributed by atoms with Crippen LogP contribution >= 0.6 is 62.3 Å². The van der Waals surface area contributed by atoms with Crippen molar-refractivity contribution in [3.63, 3.8) is 0 Å². The van der Waals surface area contributed by atoms with Gasteiger partial charge in [-0.05, 0) is 42.0 Å². The van der Waals surface area contributed by atoms with Gasteiger partial charge in [-0.15, -0.1) is 0 Å². The zero-order valence-electron chi connectivity index (χ0n) is 12.7. The molecule has 0 amide bonds. The van der Waals surface area contributed by atoms with Crippen molar-refractivity contribution in [1.82, 2.24) is 0 Å². The number of nitro benzene ring substituents is 1. The van der Waals surface area contributed by atoms with Crippen LogP contribution < -0.4 is 0 Å². The second kappa shape index (κ2) is 7.75. The third kappa shape index (κ3) is 3.71. The summed E-state index contributed by atoms with van der Waals surface area (Å²) in [6.07, 6.45) is 0. The van der Waals surface area contributed by atoms with Gasteiger partial charge in [0, 0.05) is 15.6 Å². The van der Waals surface area contributed by atoms with Crippen molar-refractivity contribution in [2.75, 3.05) is 0 Å². The average Bonchev–Trinajstić information content (AvgIpc) is 2.58. The molecule has 0 spiro atoms. The summed E-state index contributed by atoms with van der Waals surface area (Å²) in [4.78, 5) is 11.1. The first-order valence-corrected chi connectivity index (χ1v) is 9.39. The van der Waals surface area contributed by atoms with Crippen LogP contribution in [-0.4, -0.2) is 4.92 Å². The molecule has 0 unspecified atom stereocenters. The van der Waals surface area contributed by atoms with E-state index in [1.807, 2.05) is 0 Å². The normalized spacial score (nSPS) is 10.8. The molecular formula is C18H7BrCl4NO2. The second-order valence-electron chi connectivity index (χ2n) is 5.25. The fourth-order valence-corrected chi connectivity index (χ4v) is 3.68. The lowest BCUT2D eigenvalue weighted by atomic mass is 9.98. The van der Waals surface area contributed by atoms with Crippen molar-refractivity contribution < 1.29 is 4.92 Å². The molecule has 0 saturated carbocycles. The number of halogens is 5. The van der Waals surface area contributed by atoms with Crippen molar-refractivity contribution in [2.45, 2.75) is 0 Å². The van der Waals surface area contributed by atoms with E-state index in [1.165, 1.54) is 12.1 Å². The highest BCUT2D eigenvalue weighted by Gasteiger charge is 2.25. The molecule has 8 heteroatoms. The fourth-order valence-electron chi connectivity index (χ4n) is 2.45. The lowest BCUT2D eigenvalue weighted by Crippen LogP contribution is -1.96. The summed E-state index contributed by atoms with van der Waals surface area (Å²) in [6.45, 7) is 0. The molecule has 0 bridgehead atoms. The Morgan fingerprint density at radius 2 is 1.54 bits per heavy atom. The van der Waals surface area contributed by atoms with Gasteiger partial charge in [0.15, 0.2) is 0 Å². The lowest BCUT2D eigenvalue weighted by molar-refractivity contribution is -0.384. The summed E-state index contributed by atoms with van der Waals surface area (Å²) in [5, 5.41) is 12.5. The number of hydrogen-bond donors (Lipinski definition) is 0. The highest BCUT2D eigenvalue weighted by molar-refractivity contribution is 9.10. The van der Waals surface area contributed by atoms with E-state index < -0.39 is 4.92 Å². The summed E-state index contributed by atoms with van der Waals surface area (Å²) >= 11 is 27.9. The van der Waals surface area contributed by atoms with Gasteiger partial charge in [0.1, 0.15) is 5.02 Å². The number of rotatable bonds is 3. The minimum atomic E-state index is -0.537. The van der Waals surface area contributed by atoms with Crippen molar-refractivity contribution in [3.8, 4) is 22.3 Å². The quantitative estimate of drug-likeness (QED) is 0.211. The zero-order chi connectivity index (χ0) is 19.0. The average molecular weight is 491 g/mol. The summed E-state index contributed by atoms with van der Waals surface area (Å²) in [5.74, 6) is 0. The van der Waals surface area contributed by atoms with Gasteiger partial charge in [0.25, 0.3) is 5.69 Å². The molecule has 0 saturated heterocycles. The number of benzene rings is 3. The van der Waals surface area contributed by atoms with Crippen molar-refractivity contribution in [3.05, 3.63) is 83.2 Å². The Morgan fingerprint density at radius 1 is 0.923 bits per heavy atom. The van der Waals surface area contributed by atoms with Crippen LogP contribution in [0.4, 0.5) is 5.69 Å². The van der Waals surface area contributed by atoms with Crippen molar-refractivity contribution >= 4 is 68.0 Å². The van der Waals surface area contributed by atoms with E-state index in [-0.39, 0.29) is 31.3 Å². The maximum Gasteiger partial charge on any atom is 0.296 e. The molecule has 3 aromatic rings. The monoisotopic (exact) mass is 488 g/mol. The molecule has 0 atom stereocenters. The minimum Gasteiger partial charge on any atom is -0.258 e. The molecule has 3 rings (SSSR count). The van der Waals surface area contributed by atoms with Crippen LogP contribution in [0.25, 0.3) is 22.3 Å². The topological polar surface area (TPSA) is 43.1 Å². The maximum absolute atomic E-state index is 11.7. The lowest BCUT2D eigenvalue weighted by Gasteiger charge is -2.11. The molecule has 0 aliphatic heterocycles. The molecule has 26 heavy (non-hydrogen) atoms. The molecule has 3 aromatic carbocycles. The molecule has 131 valence electrons. The molecule has 1 radical (unpaired) electrons. The molecule has 3 nitrogen and oxygen atoms in total. The van der Waals surface area contributed by atoms with Crippen molar-refractivity contribution in [2.24, 2.45) is 0 Å². The SMILES string of the molecule is O=[N+]([O-])c1c(-c2ccc(Br)cc2)[c]cc(-c2cc(Cl)c(Cl)cc2Cl)c1Cl. The molecule has 0 heterocycles. The van der Waals surface area contributed by atoms with E-state index in [0.29, 0.717) is 16.7 Å². The first-order chi connectivity index (χ1) is 12.3.